The lowest BCUT2D eigenvalue weighted by molar-refractivity contribution is -0.137. The molecular weight excluding hydrogens is 204 g/mol. The first kappa shape index (κ1) is 12.6. The standard InChI is InChI=1S/C13H18O3/c1-9(2)11-5-4-10(3)8-12(11)16-7-6-13(14)15/h4-5,8-9H,6-7H2,1-3H3,(H,14,15). The molecule has 0 heterocycles. The van der Waals surface area contributed by atoms with E-state index in [0.29, 0.717) is 5.92 Å². The molecule has 1 rings (SSSR count). The molecule has 0 radical (unpaired) electrons. The maximum absolute atomic E-state index is 10.4. The number of ether oxygens (including phenoxy) is 1. The molecule has 0 aliphatic heterocycles. The number of aryl methyl sites for hydroxylation is 1. The zero-order valence-corrected chi connectivity index (χ0v) is 9.99. The number of rotatable bonds is 5. The summed E-state index contributed by atoms with van der Waals surface area (Å²) in [6.45, 7) is 6.40. The molecule has 88 valence electrons. The first-order chi connectivity index (χ1) is 7.50. The monoisotopic (exact) mass is 222 g/mol. The van der Waals surface area contributed by atoms with Crippen LogP contribution in [0.1, 0.15) is 37.3 Å². The van der Waals surface area contributed by atoms with E-state index >= 15 is 0 Å². The number of carboxylic acids is 1. The minimum atomic E-state index is -0.834. The van der Waals surface area contributed by atoms with Gasteiger partial charge in [0.1, 0.15) is 5.75 Å². The van der Waals surface area contributed by atoms with Crippen LogP contribution in [0.4, 0.5) is 0 Å². The van der Waals surface area contributed by atoms with Crippen molar-refractivity contribution >= 4 is 5.97 Å². The van der Waals surface area contributed by atoms with E-state index in [4.69, 9.17) is 9.84 Å². The molecule has 0 bridgehead atoms. The molecule has 1 aromatic carbocycles. The molecule has 3 nitrogen and oxygen atoms in total. The van der Waals surface area contributed by atoms with Crippen LogP contribution in [-0.4, -0.2) is 17.7 Å². The van der Waals surface area contributed by atoms with Crippen molar-refractivity contribution in [2.75, 3.05) is 6.61 Å². The zero-order valence-electron chi connectivity index (χ0n) is 9.99. The number of benzene rings is 1. The van der Waals surface area contributed by atoms with E-state index in [2.05, 4.69) is 13.8 Å². The summed E-state index contributed by atoms with van der Waals surface area (Å²) in [7, 11) is 0. The van der Waals surface area contributed by atoms with Crippen molar-refractivity contribution < 1.29 is 14.6 Å². The van der Waals surface area contributed by atoms with Crippen LogP contribution in [0, 0.1) is 6.92 Å². The van der Waals surface area contributed by atoms with E-state index < -0.39 is 5.97 Å². The summed E-state index contributed by atoms with van der Waals surface area (Å²) in [5.41, 5.74) is 2.24. The van der Waals surface area contributed by atoms with Crippen LogP contribution >= 0.6 is 0 Å². The molecule has 0 spiro atoms. The van der Waals surface area contributed by atoms with Crippen molar-refractivity contribution in [1.82, 2.24) is 0 Å². The molecule has 0 aromatic heterocycles. The van der Waals surface area contributed by atoms with Crippen LogP contribution < -0.4 is 4.74 Å². The molecule has 0 unspecified atom stereocenters. The zero-order chi connectivity index (χ0) is 12.1. The van der Waals surface area contributed by atoms with Crippen LogP contribution in [0.3, 0.4) is 0 Å². The van der Waals surface area contributed by atoms with Gasteiger partial charge >= 0.3 is 5.97 Å². The third kappa shape index (κ3) is 3.57. The highest BCUT2D eigenvalue weighted by Crippen LogP contribution is 2.27. The minimum absolute atomic E-state index is 0.0332. The van der Waals surface area contributed by atoms with E-state index in [1.165, 1.54) is 0 Å². The molecule has 0 aliphatic rings. The fraction of sp³-hybridized carbons (Fsp3) is 0.462. The number of hydrogen-bond acceptors (Lipinski definition) is 2. The summed E-state index contributed by atoms with van der Waals surface area (Å²) >= 11 is 0. The summed E-state index contributed by atoms with van der Waals surface area (Å²) in [6.07, 6.45) is 0.0332. The lowest BCUT2D eigenvalue weighted by Gasteiger charge is -2.14. The maximum Gasteiger partial charge on any atom is 0.306 e. The summed E-state index contributed by atoms with van der Waals surface area (Å²) in [6, 6.07) is 6.03. The van der Waals surface area contributed by atoms with Crippen LogP contribution in [0.2, 0.25) is 0 Å². The molecule has 16 heavy (non-hydrogen) atoms. The van der Waals surface area contributed by atoms with Gasteiger partial charge in [0.2, 0.25) is 0 Å². The summed E-state index contributed by atoms with van der Waals surface area (Å²) in [5, 5.41) is 8.54. The Kier molecular flexibility index (Phi) is 4.35. The molecule has 0 saturated heterocycles. The number of aliphatic carboxylic acids is 1. The van der Waals surface area contributed by atoms with Crippen molar-refractivity contribution in [2.45, 2.75) is 33.1 Å². The number of carboxylic acid groups (broad SMARTS) is 1. The highest BCUT2D eigenvalue weighted by Gasteiger charge is 2.08. The highest BCUT2D eigenvalue weighted by atomic mass is 16.5. The molecule has 1 aromatic rings. The Balaban J connectivity index is 2.76. The second-order valence-corrected chi connectivity index (χ2v) is 4.19. The van der Waals surface area contributed by atoms with Gasteiger partial charge < -0.3 is 9.84 Å². The van der Waals surface area contributed by atoms with E-state index in [0.717, 1.165) is 16.9 Å². The van der Waals surface area contributed by atoms with Crippen LogP contribution in [0.15, 0.2) is 18.2 Å². The van der Waals surface area contributed by atoms with Crippen LogP contribution in [0.5, 0.6) is 5.75 Å². The van der Waals surface area contributed by atoms with Crippen molar-refractivity contribution in [3.05, 3.63) is 29.3 Å². The number of carbonyl (C=O) groups is 1. The summed E-state index contributed by atoms with van der Waals surface area (Å²) in [4.78, 5) is 10.4. The largest absolute Gasteiger partial charge is 0.493 e. The lowest BCUT2D eigenvalue weighted by Crippen LogP contribution is -2.06. The van der Waals surface area contributed by atoms with Gasteiger partial charge in [0, 0.05) is 0 Å². The normalized spacial score (nSPS) is 10.5. The quantitative estimate of drug-likeness (QED) is 0.833. The van der Waals surface area contributed by atoms with Gasteiger partial charge in [-0.2, -0.15) is 0 Å². The van der Waals surface area contributed by atoms with Gasteiger partial charge in [-0.3, -0.25) is 4.79 Å². The van der Waals surface area contributed by atoms with Crippen molar-refractivity contribution in [2.24, 2.45) is 0 Å². The van der Waals surface area contributed by atoms with Gasteiger partial charge in [0.05, 0.1) is 13.0 Å². The van der Waals surface area contributed by atoms with E-state index in [9.17, 15) is 4.79 Å². The fourth-order valence-electron chi connectivity index (χ4n) is 1.49. The van der Waals surface area contributed by atoms with E-state index in [1.54, 1.807) is 0 Å². The van der Waals surface area contributed by atoms with Gasteiger partial charge in [-0.1, -0.05) is 26.0 Å². The van der Waals surface area contributed by atoms with Gasteiger partial charge in [-0.05, 0) is 30.0 Å². The SMILES string of the molecule is Cc1ccc(C(C)C)c(OCCC(=O)O)c1. The maximum atomic E-state index is 10.4. The van der Waals surface area contributed by atoms with Crippen molar-refractivity contribution in [3.8, 4) is 5.75 Å². The highest BCUT2D eigenvalue weighted by molar-refractivity contribution is 5.66. The smallest absolute Gasteiger partial charge is 0.306 e. The Labute approximate surface area is 96.1 Å². The molecule has 3 heteroatoms. The van der Waals surface area contributed by atoms with Gasteiger partial charge in [-0.25, -0.2) is 0 Å². The third-order valence-corrected chi connectivity index (χ3v) is 2.36. The first-order valence-electron chi connectivity index (χ1n) is 5.46. The predicted molar refractivity (Wildman–Crippen MR) is 63.0 cm³/mol. The predicted octanol–water partition coefficient (Wildman–Crippen LogP) is 2.97. The van der Waals surface area contributed by atoms with Crippen molar-refractivity contribution in [1.29, 1.82) is 0 Å². The average molecular weight is 222 g/mol. The Morgan fingerprint density at radius 2 is 2.12 bits per heavy atom. The average Bonchev–Trinajstić information content (AvgIpc) is 2.16. The topological polar surface area (TPSA) is 46.5 Å². The molecule has 1 N–H and O–H groups in total. The molecule has 0 amide bonds. The fourth-order valence-corrected chi connectivity index (χ4v) is 1.49. The Hall–Kier alpha value is -1.51. The molecule has 0 atom stereocenters. The van der Waals surface area contributed by atoms with E-state index in [-0.39, 0.29) is 13.0 Å². The Morgan fingerprint density at radius 3 is 2.69 bits per heavy atom. The van der Waals surface area contributed by atoms with Crippen LogP contribution in [0.25, 0.3) is 0 Å². The van der Waals surface area contributed by atoms with Gasteiger partial charge in [0.25, 0.3) is 0 Å². The van der Waals surface area contributed by atoms with Gasteiger partial charge in [-0.15, -0.1) is 0 Å². The number of hydrogen-bond donors (Lipinski definition) is 1. The van der Waals surface area contributed by atoms with E-state index in [1.807, 2.05) is 25.1 Å². The second-order valence-electron chi connectivity index (χ2n) is 4.19. The van der Waals surface area contributed by atoms with Gasteiger partial charge in [0.15, 0.2) is 0 Å². The molecule has 0 saturated carbocycles. The Morgan fingerprint density at radius 1 is 1.44 bits per heavy atom. The lowest BCUT2D eigenvalue weighted by atomic mass is 10.0. The first-order valence-corrected chi connectivity index (χ1v) is 5.46. The van der Waals surface area contributed by atoms with Crippen molar-refractivity contribution in [3.63, 3.8) is 0 Å². The summed E-state index contributed by atoms with van der Waals surface area (Å²) in [5.74, 6) is 0.343. The second kappa shape index (κ2) is 5.54. The van der Waals surface area contributed by atoms with Crippen LogP contribution in [-0.2, 0) is 4.79 Å². The molecular formula is C13H18O3. The molecule has 0 aliphatic carbocycles. The third-order valence-electron chi connectivity index (χ3n) is 2.36. The Bertz CT molecular complexity index is 369. The minimum Gasteiger partial charge on any atom is -0.493 e. The molecule has 0 fully saturated rings. The summed E-state index contributed by atoms with van der Waals surface area (Å²) < 4.78 is 5.51.